The van der Waals surface area contributed by atoms with Crippen LogP contribution in [0.3, 0.4) is 0 Å². The molecule has 0 unspecified atom stereocenters. The number of hydrogen-bond acceptors (Lipinski definition) is 3. The van der Waals surface area contributed by atoms with Gasteiger partial charge < -0.3 is 5.32 Å². The van der Waals surface area contributed by atoms with E-state index in [4.69, 9.17) is 23.2 Å². The molecule has 1 rings (SSSR count). The maximum Gasteiger partial charge on any atom is 0.253 e. The van der Waals surface area contributed by atoms with Gasteiger partial charge in [-0.2, -0.15) is 0 Å². The van der Waals surface area contributed by atoms with E-state index in [9.17, 15) is 13.2 Å². The van der Waals surface area contributed by atoms with Crippen LogP contribution in [0, 0.1) is 0 Å². The van der Waals surface area contributed by atoms with E-state index in [1.54, 1.807) is 6.92 Å². The number of hydrogen-bond donors (Lipinski definition) is 2. The molecule has 0 radical (unpaired) electrons. The Labute approximate surface area is 147 Å². The molecule has 1 aromatic rings. The van der Waals surface area contributed by atoms with Crippen LogP contribution in [0.2, 0.25) is 10.0 Å². The van der Waals surface area contributed by atoms with E-state index in [-0.39, 0.29) is 33.1 Å². The molecule has 0 bridgehead atoms. The molecule has 0 saturated carbocycles. The Bertz CT molecular complexity index is 690. The number of nitrogens with one attached hydrogen (secondary N) is 2. The molecule has 0 aliphatic heterocycles. The number of halogens is 2. The molecule has 2 N–H and O–H groups in total. The fraction of sp³-hybridized carbons (Fsp3) is 0.400. The molecule has 0 aromatic heterocycles. The van der Waals surface area contributed by atoms with Gasteiger partial charge in [-0.15, -0.1) is 6.58 Å². The van der Waals surface area contributed by atoms with E-state index in [2.05, 4.69) is 16.6 Å². The number of sulfonamides is 1. The lowest BCUT2D eigenvalue weighted by molar-refractivity contribution is 0.0958. The first-order chi connectivity index (χ1) is 10.7. The first-order valence-corrected chi connectivity index (χ1v) is 9.37. The summed E-state index contributed by atoms with van der Waals surface area (Å²) >= 11 is 12.0. The third kappa shape index (κ3) is 5.49. The number of benzene rings is 1. The van der Waals surface area contributed by atoms with Crippen LogP contribution in [0.15, 0.2) is 29.7 Å². The molecule has 128 valence electrons. The first kappa shape index (κ1) is 20.0. The molecule has 5 nitrogen and oxygen atoms in total. The molecule has 8 heteroatoms. The highest BCUT2D eigenvalue weighted by Gasteiger charge is 2.23. The Morgan fingerprint density at radius 3 is 2.57 bits per heavy atom. The van der Waals surface area contributed by atoms with Crippen LogP contribution in [0.25, 0.3) is 0 Å². The largest absolute Gasteiger partial charge is 0.349 e. The predicted octanol–water partition coefficient (Wildman–Crippen LogP) is 3.38. The zero-order valence-electron chi connectivity index (χ0n) is 13.0. The highest BCUT2D eigenvalue weighted by atomic mass is 35.5. The number of amides is 1. The topological polar surface area (TPSA) is 75.3 Å². The van der Waals surface area contributed by atoms with Crippen molar-refractivity contribution < 1.29 is 13.2 Å². The van der Waals surface area contributed by atoms with Crippen LogP contribution < -0.4 is 10.0 Å². The van der Waals surface area contributed by atoms with Crippen LogP contribution >= 0.6 is 23.2 Å². The van der Waals surface area contributed by atoms with Gasteiger partial charge >= 0.3 is 0 Å². The van der Waals surface area contributed by atoms with Gasteiger partial charge in [-0.3, -0.25) is 4.79 Å². The molecule has 0 fully saturated rings. The summed E-state index contributed by atoms with van der Waals surface area (Å²) in [5.41, 5.74) is 0.0430. The van der Waals surface area contributed by atoms with E-state index < -0.39 is 15.9 Å². The number of carbonyl (C=O) groups excluding carboxylic acids is 1. The minimum atomic E-state index is -3.85. The monoisotopic (exact) mass is 378 g/mol. The van der Waals surface area contributed by atoms with Gasteiger partial charge in [-0.1, -0.05) is 42.6 Å². The van der Waals surface area contributed by atoms with Crippen molar-refractivity contribution in [3.63, 3.8) is 0 Å². The molecule has 0 saturated heterocycles. The summed E-state index contributed by atoms with van der Waals surface area (Å²) in [5, 5.41) is 2.59. The van der Waals surface area contributed by atoms with E-state index in [1.165, 1.54) is 18.2 Å². The molecule has 0 spiro atoms. The van der Waals surface area contributed by atoms with Crippen LogP contribution in [-0.2, 0) is 10.0 Å². The fourth-order valence-corrected chi connectivity index (χ4v) is 4.13. The summed E-state index contributed by atoms with van der Waals surface area (Å²) in [6.45, 7) is 7.46. The maximum atomic E-state index is 12.5. The van der Waals surface area contributed by atoms with Crippen LogP contribution in [0.4, 0.5) is 0 Å². The standard InChI is InChI=1S/C15H20Cl2N2O3S/c1-4-6-10(3)19-23(21,22)14-8-11(12(16)9-13(14)17)15(20)18-7-5-2/h5,8-10,19H,2,4,6-7H2,1,3H3,(H,18,20)/t10-/m0/s1. The van der Waals surface area contributed by atoms with E-state index in [1.807, 2.05) is 6.92 Å². The highest BCUT2D eigenvalue weighted by molar-refractivity contribution is 7.89. The van der Waals surface area contributed by atoms with Gasteiger partial charge in [-0.25, -0.2) is 13.1 Å². The Morgan fingerprint density at radius 2 is 2.00 bits per heavy atom. The summed E-state index contributed by atoms with van der Waals surface area (Å²) in [7, 11) is -3.85. The van der Waals surface area contributed by atoms with Crippen molar-refractivity contribution >= 4 is 39.1 Å². The Balaban J connectivity index is 3.21. The lowest BCUT2D eigenvalue weighted by Crippen LogP contribution is -2.33. The van der Waals surface area contributed by atoms with Crippen molar-refractivity contribution in [3.8, 4) is 0 Å². The van der Waals surface area contributed by atoms with Gasteiger partial charge in [0.15, 0.2) is 0 Å². The smallest absolute Gasteiger partial charge is 0.253 e. The third-order valence-electron chi connectivity index (χ3n) is 3.04. The average molecular weight is 379 g/mol. The maximum absolute atomic E-state index is 12.5. The zero-order valence-corrected chi connectivity index (χ0v) is 15.4. The first-order valence-electron chi connectivity index (χ1n) is 7.13. The van der Waals surface area contributed by atoms with Crippen molar-refractivity contribution in [2.24, 2.45) is 0 Å². The van der Waals surface area contributed by atoms with Crippen LogP contribution in [-0.4, -0.2) is 26.9 Å². The lowest BCUT2D eigenvalue weighted by Gasteiger charge is -2.15. The number of rotatable bonds is 8. The highest BCUT2D eigenvalue weighted by Crippen LogP contribution is 2.29. The Kier molecular flexibility index (Phi) is 7.54. The second kappa shape index (κ2) is 8.68. The molecule has 1 aromatic carbocycles. The van der Waals surface area contributed by atoms with Gasteiger partial charge in [-0.05, 0) is 25.5 Å². The van der Waals surface area contributed by atoms with E-state index in [0.29, 0.717) is 6.42 Å². The zero-order chi connectivity index (χ0) is 17.6. The second-order valence-corrected chi connectivity index (χ2v) is 7.57. The van der Waals surface area contributed by atoms with Crippen molar-refractivity contribution in [1.82, 2.24) is 10.0 Å². The quantitative estimate of drug-likeness (QED) is 0.680. The molecule has 0 aliphatic rings. The Morgan fingerprint density at radius 1 is 1.35 bits per heavy atom. The normalized spacial score (nSPS) is 12.7. The molecule has 1 atom stereocenters. The van der Waals surface area contributed by atoms with Crippen LogP contribution in [0.5, 0.6) is 0 Å². The molecule has 1 amide bonds. The van der Waals surface area contributed by atoms with Crippen molar-refractivity contribution in [2.45, 2.75) is 37.6 Å². The lowest BCUT2D eigenvalue weighted by atomic mass is 10.2. The molecule has 23 heavy (non-hydrogen) atoms. The molecular weight excluding hydrogens is 359 g/mol. The third-order valence-corrected chi connectivity index (χ3v) is 5.41. The average Bonchev–Trinajstić information content (AvgIpc) is 2.44. The number of carbonyl (C=O) groups is 1. The summed E-state index contributed by atoms with van der Waals surface area (Å²) in [6, 6.07) is 2.20. The van der Waals surface area contributed by atoms with Gasteiger partial charge in [0.1, 0.15) is 4.90 Å². The van der Waals surface area contributed by atoms with E-state index in [0.717, 1.165) is 6.42 Å². The minimum absolute atomic E-state index is 0.0357. The fourth-order valence-electron chi connectivity index (χ4n) is 1.99. The summed E-state index contributed by atoms with van der Waals surface area (Å²) < 4.78 is 27.4. The summed E-state index contributed by atoms with van der Waals surface area (Å²) in [5.74, 6) is -0.496. The summed E-state index contributed by atoms with van der Waals surface area (Å²) in [4.78, 5) is 11.9. The minimum Gasteiger partial charge on any atom is -0.349 e. The van der Waals surface area contributed by atoms with E-state index >= 15 is 0 Å². The van der Waals surface area contributed by atoms with Crippen molar-refractivity contribution in [3.05, 3.63) is 40.4 Å². The van der Waals surface area contributed by atoms with Crippen LogP contribution in [0.1, 0.15) is 37.0 Å². The van der Waals surface area contributed by atoms with Gasteiger partial charge in [0.05, 0.1) is 15.6 Å². The second-order valence-electron chi connectivity index (χ2n) is 5.07. The van der Waals surface area contributed by atoms with Gasteiger partial charge in [0.25, 0.3) is 5.91 Å². The van der Waals surface area contributed by atoms with Gasteiger partial charge in [0.2, 0.25) is 10.0 Å². The van der Waals surface area contributed by atoms with Crippen molar-refractivity contribution in [1.29, 1.82) is 0 Å². The SMILES string of the molecule is C=CCNC(=O)c1cc(S(=O)(=O)N[C@@H](C)CCC)c(Cl)cc1Cl. The van der Waals surface area contributed by atoms with Gasteiger partial charge in [0, 0.05) is 12.6 Å². The molecular formula is C15H20Cl2N2O3S. The molecule has 0 aliphatic carbocycles. The van der Waals surface area contributed by atoms with Crippen molar-refractivity contribution in [2.75, 3.05) is 6.54 Å². The molecule has 0 heterocycles. The Hall–Kier alpha value is -1.08. The predicted molar refractivity (Wildman–Crippen MR) is 93.7 cm³/mol. The summed E-state index contributed by atoms with van der Waals surface area (Å²) in [6.07, 6.45) is 3.04.